The van der Waals surface area contributed by atoms with Crippen LogP contribution in [0.3, 0.4) is 0 Å². The van der Waals surface area contributed by atoms with Gasteiger partial charge in [-0.3, -0.25) is 9.67 Å². The van der Waals surface area contributed by atoms with Gasteiger partial charge in [-0.2, -0.15) is 5.10 Å². The van der Waals surface area contributed by atoms with Crippen molar-refractivity contribution in [3.05, 3.63) is 48.5 Å². The van der Waals surface area contributed by atoms with Crippen LogP contribution in [0.4, 0.5) is 5.82 Å². The number of aromatic nitrogens is 4. The first-order valence-electron chi connectivity index (χ1n) is 8.13. The molecule has 3 rings (SSSR count). The van der Waals surface area contributed by atoms with Gasteiger partial charge < -0.3 is 16.0 Å². The van der Waals surface area contributed by atoms with Gasteiger partial charge in [0.15, 0.2) is 5.96 Å². The number of benzene rings is 1. The second-order valence-corrected chi connectivity index (χ2v) is 5.47. The zero-order valence-corrected chi connectivity index (χ0v) is 14.4. The lowest BCUT2D eigenvalue weighted by molar-refractivity contribution is 0.673. The highest BCUT2D eigenvalue weighted by Gasteiger charge is 2.02. The third kappa shape index (κ3) is 4.43. The maximum absolute atomic E-state index is 4.59. The summed E-state index contributed by atoms with van der Waals surface area (Å²) in [5, 5.41) is 14.9. The SMILES string of the molecule is CN=C(NCCNc1ccc2ccccc2n1)NCc1ncnn1C. The molecule has 2 heterocycles. The third-order valence-electron chi connectivity index (χ3n) is 3.76. The maximum atomic E-state index is 4.59. The fourth-order valence-corrected chi connectivity index (χ4v) is 2.40. The standard InChI is InChI=1S/C17H22N8/c1-18-17(21-11-16-22-12-23-25(16)2)20-10-9-19-15-8-7-13-5-3-4-6-14(13)24-15/h3-8,12H,9-11H2,1-2H3,(H,19,24)(H2,18,20,21). The summed E-state index contributed by atoms with van der Waals surface area (Å²) in [5.41, 5.74) is 0.988. The summed E-state index contributed by atoms with van der Waals surface area (Å²) in [6.07, 6.45) is 1.54. The first-order chi connectivity index (χ1) is 12.3. The van der Waals surface area contributed by atoms with E-state index in [4.69, 9.17) is 0 Å². The van der Waals surface area contributed by atoms with Gasteiger partial charge in [0.05, 0.1) is 12.1 Å². The zero-order chi connectivity index (χ0) is 17.5. The normalized spacial score (nSPS) is 11.5. The highest BCUT2D eigenvalue weighted by Crippen LogP contribution is 2.13. The molecule has 0 aliphatic rings. The molecule has 8 nitrogen and oxygen atoms in total. The molecule has 0 spiro atoms. The Hall–Kier alpha value is -3.16. The molecule has 8 heteroatoms. The van der Waals surface area contributed by atoms with E-state index < -0.39 is 0 Å². The molecule has 0 amide bonds. The lowest BCUT2D eigenvalue weighted by Crippen LogP contribution is -2.39. The molecule has 0 aliphatic carbocycles. The van der Waals surface area contributed by atoms with Crippen LogP contribution in [0, 0.1) is 0 Å². The van der Waals surface area contributed by atoms with Crippen LogP contribution in [0.25, 0.3) is 10.9 Å². The van der Waals surface area contributed by atoms with Crippen molar-refractivity contribution in [1.29, 1.82) is 0 Å². The monoisotopic (exact) mass is 338 g/mol. The number of hydrogen-bond acceptors (Lipinski definition) is 5. The Morgan fingerprint density at radius 3 is 2.80 bits per heavy atom. The van der Waals surface area contributed by atoms with Gasteiger partial charge in [-0.05, 0) is 18.2 Å². The largest absolute Gasteiger partial charge is 0.368 e. The van der Waals surface area contributed by atoms with Gasteiger partial charge in [0.25, 0.3) is 0 Å². The van der Waals surface area contributed by atoms with Gasteiger partial charge in [0.1, 0.15) is 18.0 Å². The lowest BCUT2D eigenvalue weighted by Gasteiger charge is -2.12. The topological polar surface area (TPSA) is 92.1 Å². The fraction of sp³-hybridized carbons (Fsp3) is 0.294. The summed E-state index contributed by atoms with van der Waals surface area (Å²) < 4.78 is 1.73. The van der Waals surface area contributed by atoms with Crippen LogP contribution in [0.2, 0.25) is 0 Å². The summed E-state index contributed by atoms with van der Waals surface area (Å²) in [7, 11) is 3.60. The summed E-state index contributed by atoms with van der Waals surface area (Å²) >= 11 is 0. The molecule has 25 heavy (non-hydrogen) atoms. The molecule has 0 saturated heterocycles. The van der Waals surface area contributed by atoms with Crippen LogP contribution in [-0.2, 0) is 13.6 Å². The minimum absolute atomic E-state index is 0.565. The number of anilines is 1. The molecule has 3 aromatic rings. The number of pyridine rings is 1. The average Bonchev–Trinajstić information content (AvgIpc) is 3.06. The van der Waals surface area contributed by atoms with Crippen LogP contribution in [-0.4, -0.2) is 45.8 Å². The summed E-state index contributed by atoms with van der Waals surface area (Å²) in [5.74, 6) is 2.43. The Bertz CT molecular complexity index is 854. The Labute approximate surface area is 146 Å². The van der Waals surface area contributed by atoms with Gasteiger partial charge in [-0.15, -0.1) is 0 Å². The van der Waals surface area contributed by atoms with Crippen LogP contribution in [0.15, 0.2) is 47.7 Å². The van der Waals surface area contributed by atoms with Crippen molar-refractivity contribution in [1.82, 2.24) is 30.4 Å². The zero-order valence-electron chi connectivity index (χ0n) is 14.4. The molecule has 130 valence electrons. The van der Waals surface area contributed by atoms with E-state index in [1.165, 1.54) is 6.33 Å². The van der Waals surface area contributed by atoms with E-state index in [0.29, 0.717) is 13.1 Å². The molecule has 0 atom stereocenters. The molecule has 0 aliphatic heterocycles. The predicted octanol–water partition coefficient (Wildman–Crippen LogP) is 1.14. The van der Waals surface area contributed by atoms with Crippen LogP contribution >= 0.6 is 0 Å². The summed E-state index contributed by atoms with van der Waals surface area (Å²) in [6, 6.07) is 12.1. The molecular formula is C17H22N8. The fourth-order valence-electron chi connectivity index (χ4n) is 2.40. The van der Waals surface area contributed by atoms with Gasteiger partial charge >= 0.3 is 0 Å². The van der Waals surface area contributed by atoms with Crippen LogP contribution < -0.4 is 16.0 Å². The van der Waals surface area contributed by atoms with Gasteiger partial charge in [0.2, 0.25) is 0 Å². The highest BCUT2D eigenvalue weighted by molar-refractivity contribution is 5.80. The van der Waals surface area contributed by atoms with Crippen LogP contribution in [0.5, 0.6) is 0 Å². The lowest BCUT2D eigenvalue weighted by atomic mass is 10.2. The molecule has 0 unspecified atom stereocenters. The van der Waals surface area contributed by atoms with Crippen molar-refractivity contribution in [3.8, 4) is 0 Å². The highest BCUT2D eigenvalue weighted by atomic mass is 15.3. The van der Waals surface area contributed by atoms with Gasteiger partial charge in [-0.1, -0.05) is 18.2 Å². The van der Waals surface area contributed by atoms with E-state index in [-0.39, 0.29) is 0 Å². The van der Waals surface area contributed by atoms with E-state index in [2.05, 4.69) is 48.1 Å². The number of aliphatic imine (C=N–C) groups is 1. The molecule has 0 fully saturated rings. The second kappa shape index (κ2) is 8.09. The van der Waals surface area contributed by atoms with Crippen molar-refractivity contribution in [2.75, 3.05) is 25.5 Å². The molecule has 0 saturated carbocycles. The summed E-state index contributed by atoms with van der Waals surface area (Å²) in [4.78, 5) is 13.0. The molecule has 2 aromatic heterocycles. The van der Waals surface area contributed by atoms with Crippen LogP contribution in [0.1, 0.15) is 5.82 Å². The van der Waals surface area contributed by atoms with E-state index in [1.54, 1.807) is 11.7 Å². The van der Waals surface area contributed by atoms with Crippen molar-refractivity contribution >= 4 is 22.7 Å². The van der Waals surface area contributed by atoms with Crippen molar-refractivity contribution < 1.29 is 0 Å². The predicted molar refractivity (Wildman–Crippen MR) is 99.4 cm³/mol. The smallest absolute Gasteiger partial charge is 0.191 e. The first kappa shape index (κ1) is 16.7. The number of aryl methyl sites for hydroxylation is 1. The molecule has 1 aromatic carbocycles. The van der Waals surface area contributed by atoms with Crippen molar-refractivity contribution in [3.63, 3.8) is 0 Å². The van der Waals surface area contributed by atoms with Crippen molar-refractivity contribution in [2.45, 2.75) is 6.54 Å². The molecular weight excluding hydrogens is 316 g/mol. The number of nitrogens with zero attached hydrogens (tertiary/aromatic N) is 5. The summed E-state index contributed by atoms with van der Waals surface area (Å²) in [6.45, 7) is 2.01. The van der Waals surface area contributed by atoms with E-state index in [1.807, 2.05) is 31.3 Å². The molecule has 0 bridgehead atoms. The van der Waals surface area contributed by atoms with Gasteiger partial charge in [0, 0.05) is 32.6 Å². The number of guanidine groups is 1. The number of nitrogens with one attached hydrogen (secondary N) is 3. The minimum atomic E-state index is 0.565. The van der Waals surface area contributed by atoms with E-state index in [0.717, 1.165) is 35.0 Å². The third-order valence-corrected chi connectivity index (χ3v) is 3.76. The van der Waals surface area contributed by atoms with E-state index >= 15 is 0 Å². The number of para-hydroxylation sites is 1. The maximum Gasteiger partial charge on any atom is 0.191 e. The Morgan fingerprint density at radius 1 is 1.12 bits per heavy atom. The van der Waals surface area contributed by atoms with E-state index in [9.17, 15) is 0 Å². The quantitative estimate of drug-likeness (QED) is 0.355. The molecule has 3 N–H and O–H groups in total. The Morgan fingerprint density at radius 2 is 2.00 bits per heavy atom. The Balaban J connectivity index is 1.44. The number of hydrogen-bond donors (Lipinski definition) is 3. The second-order valence-electron chi connectivity index (χ2n) is 5.47. The average molecular weight is 338 g/mol. The number of rotatable bonds is 6. The van der Waals surface area contributed by atoms with Gasteiger partial charge in [-0.25, -0.2) is 9.97 Å². The first-order valence-corrected chi connectivity index (χ1v) is 8.13. The minimum Gasteiger partial charge on any atom is -0.368 e. The Kier molecular flexibility index (Phi) is 5.40. The molecule has 0 radical (unpaired) electrons. The van der Waals surface area contributed by atoms with Crippen molar-refractivity contribution in [2.24, 2.45) is 12.0 Å². The number of fused-ring (bicyclic) bond motifs is 1.